The van der Waals surface area contributed by atoms with Crippen LogP contribution in [0.1, 0.15) is 87.6 Å². The summed E-state index contributed by atoms with van der Waals surface area (Å²) in [4.78, 5) is 12.1. The van der Waals surface area contributed by atoms with E-state index in [2.05, 4.69) is 31.3 Å². The zero-order valence-corrected chi connectivity index (χ0v) is 23.7. The Labute approximate surface area is 230 Å². The molecule has 0 bridgehead atoms. The van der Waals surface area contributed by atoms with E-state index in [1.54, 1.807) is 12.1 Å². The van der Waals surface area contributed by atoms with Crippen LogP contribution in [0.2, 0.25) is 0 Å². The summed E-state index contributed by atoms with van der Waals surface area (Å²) in [6, 6.07) is 15.8. The van der Waals surface area contributed by atoms with Gasteiger partial charge in [-0.3, -0.25) is 0 Å². The summed E-state index contributed by atoms with van der Waals surface area (Å²) in [5.41, 5.74) is 2.92. The van der Waals surface area contributed by atoms with Crippen molar-refractivity contribution in [2.75, 3.05) is 51.5 Å². The minimum Gasteiger partial charge on any atom is -0.491 e. The van der Waals surface area contributed by atoms with Crippen molar-refractivity contribution < 1.29 is 23.7 Å². The predicted octanol–water partition coefficient (Wildman–Crippen LogP) is 7.46. The van der Waals surface area contributed by atoms with E-state index in [1.807, 2.05) is 24.3 Å². The molecule has 0 radical (unpaired) electrons. The highest BCUT2D eigenvalue weighted by Crippen LogP contribution is 2.15. The fourth-order valence-corrected chi connectivity index (χ4v) is 3.99. The Hall–Kier alpha value is -2.57. The SMILES string of the molecule is CCCCCCCCCc1ccc(OCCOCCOCCOC(=O)c2ccc(NCCCC)cc2)cc1. The Balaban J connectivity index is 1.41. The largest absolute Gasteiger partial charge is 0.491 e. The third-order valence-electron chi connectivity index (χ3n) is 6.30. The standard InChI is InChI=1S/C32H49NO5/c1-3-5-7-8-9-10-11-12-28-13-19-31(20-14-28)37-26-24-35-22-23-36-25-27-38-32(34)29-15-17-30(18-16-29)33-21-6-4-2/h13-20,33H,3-12,21-27H2,1-2H3. The highest BCUT2D eigenvalue weighted by atomic mass is 16.6. The molecule has 0 unspecified atom stereocenters. The van der Waals surface area contributed by atoms with Gasteiger partial charge in [-0.25, -0.2) is 4.79 Å². The first kappa shape index (κ1) is 31.6. The molecule has 0 saturated carbocycles. The van der Waals surface area contributed by atoms with Crippen molar-refractivity contribution in [2.24, 2.45) is 0 Å². The lowest BCUT2D eigenvalue weighted by Gasteiger charge is -2.09. The van der Waals surface area contributed by atoms with Crippen LogP contribution in [0.25, 0.3) is 0 Å². The van der Waals surface area contributed by atoms with Crippen LogP contribution in [0, 0.1) is 0 Å². The molecule has 0 aliphatic rings. The lowest BCUT2D eigenvalue weighted by atomic mass is 10.0. The lowest BCUT2D eigenvalue weighted by molar-refractivity contribution is 0.0106. The Morgan fingerprint density at radius 3 is 1.95 bits per heavy atom. The minimum atomic E-state index is -0.340. The second-order valence-electron chi connectivity index (χ2n) is 9.58. The number of unbranched alkanes of at least 4 members (excludes halogenated alkanes) is 7. The summed E-state index contributed by atoms with van der Waals surface area (Å²) in [6.45, 7) is 7.83. The van der Waals surface area contributed by atoms with Gasteiger partial charge >= 0.3 is 5.97 Å². The van der Waals surface area contributed by atoms with Gasteiger partial charge in [-0.1, -0.05) is 70.9 Å². The fourth-order valence-electron chi connectivity index (χ4n) is 3.99. The number of nitrogens with one attached hydrogen (secondary N) is 1. The van der Waals surface area contributed by atoms with Gasteiger partial charge in [0.25, 0.3) is 0 Å². The van der Waals surface area contributed by atoms with E-state index in [0.717, 1.165) is 37.2 Å². The van der Waals surface area contributed by atoms with Crippen molar-refractivity contribution in [3.05, 3.63) is 59.7 Å². The maximum absolute atomic E-state index is 12.1. The van der Waals surface area contributed by atoms with Gasteiger partial charge in [-0.05, 0) is 61.2 Å². The number of anilines is 1. The van der Waals surface area contributed by atoms with Crippen LogP contribution in [0.3, 0.4) is 0 Å². The number of hydrogen-bond acceptors (Lipinski definition) is 6. The summed E-state index contributed by atoms with van der Waals surface area (Å²) >= 11 is 0. The average molecular weight is 528 g/mol. The number of benzene rings is 2. The molecule has 0 atom stereocenters. The van der Waals surface area contributed by atoms with Gasteiger partial charge in [-0.15, -0.1) is 0 Å². The highest BCUT2D eigenvalue weighted by molar-refractivity contribution is 5.89. The summed E-state index contributed by atoms with van der Waals surface area (Å²) in [6.07, 6.45) is 12.8. The second kappa shape index (κ2) is 21.4. The number of esters is 1. The molecule has 0 amide bonds. The minimum absolute atomic E-state index is 0.216. The van der Waals surface area contributed by atoms with Crippen molar-refractivity contribution >= 4 is 11.7 Å². The molecule has 0 spiro atoms. The number of hydrogen-bond donors (Lipinski definition) is 1. The van der Waals surface area contributed by atoms with E-state index in [0.29, 0.717) is 38.6 Å². The van der Waals surface area contributed by atoms with Crippen molar-refractivity contribution in [3.63, 3.8) is 0 Å². The summed E-state index contributed by atoms with van der Waals surface area (Å²) in [5, 5.41) is 3.33. The Bertz CT molecular complexity index is 838. The van der Waals surface area contributed by atoms with Crippen LogP contribution >= 0.6 is 0 Å². The number of aryl methyl sites for hydroxylation is 1. The quantitative estimate of drug-likeness (QED) is 0.119. The molecule has 0 aliphatic carbocycles. The second-order valence-corrected chi connectivity index (χ2v) is 9.58. The van der Waals surface area contributed by atoms with Gasteiger partial charge in [0.2, 0.25) is 0 Å². The number of carbonyl (C=O) groups excluding carboxylic acids is 1. The van der Waals surface area contributed by atoms with Crippen molar-refractivity contribution in [1.29, 1.82) is 0 Å². The molecule has 2 aromatic carbocycles. The van der Waals surface area contributed by atoms with Gasteiger partial charge in [-0.2, -0.15) is 0 Å². The van der Waals surface area contributed by atoms with E-state index in [-0.39, 0.29) is 12.6 Å². The Morgan fingerprint density at radius 1 is 0.658 bits per heavy atom. The molecule has 6 nitrogen and oxygen atoms in total. The van der Waals surface area contributed by atoms with E-state index in [4.69, 9.17) is 18.9 Å². The third-order valence-corrected chi connectivity index (χ3v) is 6.30. The lowest BCUT2D eigenvalue weighted by Crippen LogP contribution is -2.14. The molecule has 2 aromatic rings. The van der Waals surface area contributed by atoms with Crippen LogP contribution in [-0.4, -0.2) is 52.2 Å². The average Bonchev–Trinajstić information content (AvgIpc) is 2.94. The maximum atomic E-state index is 12.1. The topological polar surface area (TPSA) is 66.0 Å². The fraction of sp³-hybridized carbons (Fsp3) is 0.594. The van der Waals surface area contributed by atoms with Gasteiger partial charge in [0.15, 0.2) is 0 Å². The van der Waals surface area contributed by atoms with Crippen LogP contribution in [-0.2, 0) is 20.6 Å². The number of rotatable bonds is 23. The summed E-state index contributed by atoms with van der Waals surface area (Å²) in [7, 11) is 0. The zero-order valence-electron chi connectivity index (χ0n) is 23.7. The normalized spacial score (nSPS) is 10.9. The van der Waals surface area contributed by atoms with Crippen LogP contribution in [0.15, 0.2) is 48.5 Å². The molecule has 0 fully saturated rings. The third kappa shape index (κ3) is 15.0. The van der Waals surface area contributed by atoms with E-state index >= 15 is 0 Å². The smallest absolute Gasteiger partial charge is 0.338 e. The molecule has 6 heteroatoms. The number of carbonyl (C=O) groups is 1. The van der Waals surface area contributed by atoms with Crippen molar-refractivity contribution in [3.8, 4) is 5.75 Å². The molecule has 0 saturated heterocycles. The first-order valence-electron chi connectivity index (χ1n) is 14.6. The van der Waals surface area contributed by atoms with Crippen LogP contribution in [0.4, 0.5) is 5.69 Å². The molecule has 0 aliphatic heterocycles. The molecule has 212 valence electrons. The molecule has 1 N–H and O–H groups in total. The van der Waals surface area contributed by atoms with E-state index < -0.39 is 0 Å². The molecular weight excluding hydrogens is 478 g/mol. The van der Waals surface area contributed by atoms with Gasteiger partial charge < -0.3 is 24.3 Å². The molecule has 2 rings (SSSR count). The molecule has 0 aromatic heterocycles. The predicted molar refractivity (Wildman–Crippen MR) is 155 cm³/mol. The van der Waals surface area contributed by atoms with Crippen LogP contribution in [0.5, 0.6) is 5.75 Å². The van der Waals surface area contributed by atoms with E-state index in [9.17, 15) is 4.79 Å². The zero-order chi connectivity index (χ0) is 27.1. The number of ether oxygens (including phenoxy) is 4. The van der Waals surface area contributed by atoms with Gasteiger partial charge in [0.05, 0.1) is 32.0 Å². The molecule has 0 heterocycles. The first-order chi connectivity index (χ1) is 18.7. The summed E-state index contributed by atoms with van der Waals surface area (Å²) < 4.78 is 22.1. The Kier molecular flexibility index (Phi) is 17.8. The van der Waals surface area contributed by atoms with Crippen molar-refractivity contribution in [2.45, 2.75) is 78.1 Å². The van der Waals surface area contributed by atoms with Crippen LogP contribution < -0.4 is 10.1 Å². The summed E-state index contributed by atoms with van der Waals surface area (Å²) in [5.74, 6) is 0.533. The first-order valence-corrected chi connectivity index (χ1v) is 14.6. The Morgan fingerprint density at radius 2 is 1.26 bits per heavy atom. The molecular formula is C32H49NO5. The van der Waals surface area contributed by atoms with Crippen molar-refractivity contribution in [1.82, 2.24) is 0 Å². The monoisotopic (exact) mass is 527 g/mol. The highest BCUT2D eigenvalue weighted by Gasteiger charge is 2.06. The maximum Gasteiger partial charge on any atom is 0.338 e. The van der Waals surface area contributed by atoms with Gasteiger partial charge in [0, 0.05) is 12.2 Å². The van der Waals surface area contributed by atoms with E-state index in [1.165, 1.54) is 50.5 Å². The van der Waals surface area contributed by atoms with Gasteiger partial charge in [0.1, 0.15) is 19.0 Å². The molecule has 38 heavy (non-hydrogen) atoms.